The molecule has 0 aliphatic carbocycles. The fourth-order valence-corrected chi connectivity index (χ4v) is 3.21. The van der Waals surface area contributed by atoms with E-state index in [0.717, 1.165) is 20.0 Å². The van der Waals surface area contributed by atoms with E-state index in [2.05, 4.69) is 83.1 Å². The summed E-state index contributed by atoms with van der Waals surface area (Å²) < 4.78 is 16.3. The maximum atomic E-state index is 8.96. The maximum absolute atomic E-state index is 8.96. The molecular formula is C21H41N3O2S2. The third-order valence-electron chi connectivity index (χ3n) is 4.44. The number of hydrogen-bond donors (Lipinski definition) is 2. The van der Waals surface area contributed by atoms with E-state index in [1.54, 1.807) is 0 Å². The van der Waals surface area contributed by atoms with Crippen molar-refractivity contribution < 1.29 is 8.76 Å². The van der Waals surface area contributed by atoms with Gasteiger partial charge in [0.2, 0.25) is 0 Å². The van der Waals surface area contributed by atoms with Crippen molar-refractivity contribution in [3.8, 4) is 0 Å². The Morgan fingerprint density at radius 1 is 0.750 bits per heavy atom. The molecule has 1 heterocycles. The molecule has 0 spiro atoms. The van der Waals surface area contributed by atoms with E-state index >= 15 is 0 Å². The van der Waals surface area contributed by atoms with Crippen LogP contribution in [0.25, 0.3) is 0 Å². The van der Waals surface area contributed by atoms with Crippen molar-refractivity contribution in [1.82, 2.24) is 14.7 Å². The van der Waals surface area contributed by atoms with Gasteiger partial charge in [-0.25, -0.2) is 4.21 Å². The van der Waals surface area contributed by atoms with Gasteiger partial charge in [0.15, 0.2) is 0 Å². The van der Waals surface area contributed by atoms with Gasteiger partial charge in [-0.2, -0.15) is 0 Å². The number of allylic oxidation sites excluding steroid dienone is 6. The first-order valence-electron chi connectivity index (χ1n) is 10.4. The number of nitrogens with zero attached hydrogens (tertiary/aromatic N) is 3. The van der Waals surface area contributed by atoms with Gasteiger partial charge in [-0.1, -0.05) is 36.5 Å². The van der Waals surface area contributed by atoms with Crippen molar-refractivity contribution in [1.29, 1.82) is 0 Å². The van der Waals surface area contributed by atoms with Gasteiger partial charge >= 0.3 is 0 Å². The largest absolute Gasteiger partial charge is 0.308 e. The van der Waals surface area contributed by atoms with Gasteiger partial charge in [0.05, 0.1) is 20.0 Å². The van der Waals surface area contributed by atoms with Crippen LogP contribution in [0.3, 0.4) is 0 Å². The minimum absolute atomic E-state index is 1.14. The molecule has 0 aromatic carbocycles. The standard InChI is InChI=1S/C21H39N3.H2O2S2/c1-4-7-10-13-16-22-19-23(17-14-11-8-5-2)21-24(20-22)18-15-12-9-6-3;1-4(2)3/h4-9H,10-21H2,1-3H3;4H,(H,1,2,3). The van der Waals surface area contributed by atoms with Gasteiger partial charge in [0.25, 0.3) is 0 Å². The van der Waals surface area contributed by atoms with Crippen molar-refractivity contribution in [3.63, 3.8) is 0 Å². The molecule has 1 aliphatic rings. The molecule has 0 radical (unpaired) electrons. The second kappa shape index (κ2) is 19.7. The molecule has 1 saturated heterocycles. The average Bonchev–Trinajstić information content (AvgIpc) is 2.65. The summed E-state index contributed by atoms with van der Waals surface area (Å²) in [5.74, 6) is 0. The van der Waals surface area contributed by atoms with Crippen LogP contribution in [0, 0.1) is 0 Å². The van der Waals surface area contributed by atoms with Crippen LogP contribution >= 0.6 is 0 Å². The lowest BCUT2D eigenvalue weighted by atomic mass is 10.2. The number of unbranched alkanes of at least 4 members (excludes halogenated alkanes) is 3. The van der Waals surface area contributed by atoms with E-state index in [0.29, 0.717) is 0 Å². The molecule has 7 heteroatoms. The van der Waals surface area contributed by atoms with E-state index in [1.807, 2.05) is 0 Å². The van der Waals surface area contributed by atoms with Crippen molar-refractivity contribution in [3.05, 3.63) is 36.5 Å². The molecule has 1 fully saturated rings. The Kier molecular flexibility index (Phi) is 19.3. The van der Waals surface area contributed by atoms with Crippen LogP contribution in [0.4, 0.5) is 0 Å². The van der Waals surface area contributed by atoms with Crippen LogP contribution in [0.5, 0.6) is 0 Å². The van der Waals surface area contributed by atoms with E-state index in [-0.39, 0.29) is 0 Å². The van der Waals surface area contributed by atoms with Crippen LogP contribution in [0.2, 0.25) is 0 Å². The zero-order chi connectivity index (χ0) is 21.0. The highest BCUT2D eigenvalue weighted by molar-refractivity contribution is 8.18. The summed E-state index contributed by atoms with van der Waals surface area (Å²) in [6.07, 6.45) is 20.8. The highest BCUT2D eigenvalue weighted by atomic mass is 32.8. The zero-order valence-corrected chi connectivity index (χ0v) is 19.7. The first-order chi connectivity index (χ1) is 13.5. The molecule has 1 rings (SSSR count). The molecule has 0 saturated carbocycles. The minimum atomic E-state index is -2.29. The molecule has 0 aromatic rings. The van der Waals surface area contributed by atoms with E-state index in [1.165, 1.54) is 58.2 Å². The minimum Gasteiger partial charge on any atom is -0.308 e. The van der Waals surface area contributed by atoms with E-state index in [9.17, 15) is 0 Å². The van der Waals surface area contributed by atoms with Crippen molar-refractivity contribution in [2.24, 2.45) is 0 Å². The van der Waals surface area contributed by atoms with Crippen molar-refractivity contribution in [2.75, 3.05) is 39.6 Å². The third kappa shape index (κ3) is 17.5. The molecule has 1 aliphatic heterocycles. The number of hydrogen-bond acceptors (Lipinski definition) is 5. The Bertz CT molecular complexity index is 449. The van der Waals surface area contributed by atoms with Crippen LogP contribution in [0.1, 0.15) is 59.3 Å². The first-order valence-corrected chi connectivity index (χ1v) is 12.6. The summed E-state index contributed by atoms with van der Waals surface area (Å²) >= 11 is 3.69. The highest BCUT2D eigenvalue weighted by Gasteiger charge is 2.22. The molecule has 5 nitrogen and oxygen atoms in total. The lowest BCUT2D eigenvalue weighted by molar-refractivity contribution is -0.0301. The van der Waals surface area contributed by atoms with Gasteiger partial charge in [-0.15, -0.1) is 0 Å². The predicted octanol–water partition coefficient (Wildman–Crippen LogP) is 4.25. The van der Waals surface area contributed by atoms with Crippen LogP contribution in [-0.2, 0) is 20.8 Å². The Morgan fingerprint density at radius 3 is 1.21 bits per heavy atom. The van der Waals surface area contributed by atoms with Gasteiger partial charge < -0.3 is 4.55 Å². The van der Waals surface area contributed by atoms with Gasteiger partial charge in [0, 0.05) is 30.8 Å². The lowest BCUT2D eigenvalue weighted by Gasteiger charge is -2.42. The zero-order valence-electron chi connectivity index (χ0n) is 18.0. The Labute approximate surface area is 179 Å². The molecule has 0 aromatic heterocycles. The quantitative estimate of drug-likeness (QED) is 0.274. The molecule has 28 heavy (non-hydrogen) atoms. The summed E-state index contributed by atoms with van der Waals surface area (Å²) in [7, 11) is -2.29. The summed E-state index contributed by atoms with van der Waals surface area (Å²) in [4.78, 5) is 7.87. The first kappa shape index (κ1) is 27.4. The van der Waals surface area contributed by atoms with Crippen molar-refractivity contribution >= 4 is 20.8 Å². The highest BCUT2D eigenvalue weighted by Crippen LogP contribution is 2.11. The second-order valence-electron chi connectivity index (χ2n) is 6.98. The molecule has 1 N–H and O–H groups in total. The summed E-state index contributed by atoms with van der Waals surface area (Å²) in [5.41, 5.74) is 0. The summed E-state index contributed by atoms with van der Waals surface area (Å²) in [5, 5.41) is 0. The lowest BCUT2D eigenvalue weighted by Crippen LogP contribution is -2.55. The molecule has 1 unspecified atom stereocenters. The Morgan fingerprint density at radius 2 is 1.00 bits per heavy atom. The van der Waals surface area contributed by atoms with Crippen molar-refractivity contribution in [2.45, 2.75) is 59.3 Å². The molecule has 1 atom stereocenters. The topological polar surface area (TPSA) is 47.0 Å². The fraction of sp³-hybridized carbons (Fsp3) is 0.714. The smallest absolute Gasteiger partial charge is 0.130 e. The average molecular weight is 432 g/mol. The number of thiol groups is 1. The number of rotatable bonds is 12. The van der Waals surface area contributed by atoms with E-state index < -0.39 is 9.64 Å². The second-order valence-corrected chi connectivity index (χ2v) is 8.39. The van der Waals surface area contributed by atoms with Crippen LogP contribution < -0.4 is 0 Å². The summed E-state index contributed by atoms with van der Waals surface area (Å²) in [6, 6.07) is 0. The summed E-state index contributed by atoms with van der Waals surface area (Å²) in [6.45, 7) is 13.4. The Balaban J connectivity index is 0.00000165. The van der Waals surface area contributed by atoms with Gasteiger partial charge in [-0.05, 0) is 59.3 Å². The van der Waals surface area contributed by atoms with E-state index in [4.69, 9.17) is 8.76 Å². The Hall–Kier alpha value is -0.570. The van der Waals surface area contributed by atoms with Gasteiger partial charge in [0.1, 0.15) is 9.64 Å². The fourth-order valence-electron chi connectivity index (χ4n) is 3.21. The molecule has 0 bridgehead atoms. The maximum Gasteiger partial charge on any atom is 0.130 e. The predicted molar refractivity (Wildman–Crippen MR) is 126 cm³/mol. The SMILES string of the molecule is CC=CCCCN1CN(CCCC=CC)CN(CCCC=CC)C1.O=[SH](O)=S. The van der Waals surface area contributed by atoms with Crippen LogP contribution in [0.15, 0.2) is 36.5 Å². The third-order valence-corrected chi connectivity index (χ3v) is 4.44. The van der Waals surface area contributed by atoms with Crippen LogP contribution in [-0.4, -0.2) is 63.1 Å². The van der Waals surface area contributed by atoms with Gasteiger partial charge in [-0.3, -0.25) is 14.7 Å². The monoisotopic (exact) mass is 431 g/mol. The normalized spacial score (nSPS) is 18.1. The molecule has 0 amide bonds. The molecular weight excluding hydrogens is 390 g/mol. The molecule has 164 valence electrons.